The molecule has 18 heavy (non-hydrogen) atoms. The van der Waals surface area contributed by atoms with Crippen LogP contribution in [-0.4, -0.2) is 30.4 Å². The molecule has 1 atom stereocenters. The molecular formula is C13H19Cl2N3. The molecule has 0 amide bonds. The van der Waals surface area contributed by atoms with Crippen LogP contribution in [0.4, 0.5) is 0 Å². The molecule has 0 aliphatic carbocycles. The maximum absolute atomic E-state index is 6.30. The highest BCUT2D eigenvalue weighted by Crippen LogP contribution is 2.27. The summed E-state index contributed by atoms with van der Waals surface area (Å²) in [6.45, 7) is 6.84. The lowest BCUT2D eigenvalue weighted by atomic mass is 10.0. The zero-order valence-corrected chi connectivity index (χ0v) is 12.3. The quantitative estimate of drug-likeness (QED) is 0.929. The Balaban J connectivity index is 0.00000162. The second kappa shape index (κ2) is 6.41. The minimum Gasteiger partial charge on any atom is -0.357 e. The van der Waals surface area contributed by atoms with E-state index >= 15 is 0 Å². The first-order chi connectivity index (χ1) is 8.15. The lowest BCUT2D eigenvalue weighted by molar-refractivity contribution is 0.468. The van der Waals surface area contributed by atoms with Crippen molar-refractivity contribution < 1.29 is 0 Å². The molecule has 1 aliphatic rings. The van der Waals surface area contributed by atoms with Gasteiger partial charge in [-0.15, -0.1) is 12.4 Å². The number of hydrogen-bond acceptors (Lipinski definition) is 3. The topological polar surface area (TPSA) is 41.6 Å². The molecule has 0 spiro atoms. The Morgan fingerprint density at radius 1 is 1.50 bits per heavy atom. The van der Waals surface area contributed by atoms with Gasteiger partial charge in [0.25, 0.3) is 0 Å². The van der Waals surface area contributed by atoms with Crippen molar-refractivity contribution in [1.29, 1.82) is 0 Å². The minimum absolute atomic E-state index is 0. The van der Waals surface area contributed by atoms with E-state index < -0.39 is 0 Å². The molecule has 2 rings (SSSR count). The maximum Gasteiger partial charge on any atom is 0.121 e. The predicted octanol–water partition coefficient (Wildman–Crippen LogP) is 2.80. The maximum atomic E-state index is 6.30. The molecule has 0 radical (unpaired) electrons. The minimum atomic E-state index is -0.218. The highest BCUT2D eigenvalue weighted by Gasteiger charge is 2.24. The average Bonchev–Trinajstić information content (AvgIpc) is 2.80. The fraction of sp³-hybridized carbons (Fsp3) is 0.462. The standard InChI is InChI=1S/C13H18ClN3.ClH/c1-3-17-8-7-16-13(17)12(15)10-6-4-5-9(2)11(10)14;/h4-6,12H,3,7-8,15H2,1-2H3;1H. The van der Waals surface area contributed by atoms with Crippen molar-refractivity contribution in [2.45, 2.75) is 19.9 Å². The Bertz CT molecular complexity index is 446. The molecule has 1 aromatic carbocycles. The van der Waals surface area contributed by atoms with Gasteiger partial charge in [-0.25, -0.2) is 0 Å². The second-order valence-electron chi connectivity index (χ2n) is 4.28. The fourth-order valence-electron chi connectivity index (χ4n) is 2.16. The van der Waals surface area contributed by atoms with E-state index in [1.807, 2.05) is 25.1 Å². The van der Waals surface area contributed by atoms with Crippen molar-refractivity contribution >= 4 is 29.8 Å². The lowest BCUT2D eigenvalue weighted by Gasteiger charge is -2.24. The molecule has 1 unspecified atom stereocenters. The lowest BCUT2D eigenvalue weighted by Crippen LogP contribution is -2.35. The summed E-state index contributed by atoms with van der Waals surface area (Å²) in [5.41, 5.74) is 8.30. The Morgan fingerprint density at radius 3 is 2.89 bits per heavy atom. The van der Waals surface area contributed by atoms with Crippen molar-refractivity contribution in [3.05, 3.63) is 34.3 Å². The number of rotatable bonds is 3. The highest BCUT2D eigenvalue weighted by atomic mass is 35.5. The summed E-state index contributed by atoms with van der Waals surface area (Å²) >= 11 is 6.30. The normalized spacial score (nSPS) is 16.2. The monoisotopic (exact) mass is 287 g/mol. The zero-order chi connectivity index (χ0) is 12.4. The van der Waals surface area contributed by atoms with E-state index in [-0.39, 0.29) is 18.4 Å². The third-order valence-corrected chi connectivity index (χ3v) is 3.70. The number of amidine groups is 1. The van der Waals surface area contributed by atoms with E-state index in [0.29, 0.717) is 0 Å². The van der Waals surface area contributed by atoms with E-state index in [1.165, 1.54) is 0 Å². The van der Waals surface area contributed by atoms with Gasteiger partial charge in [0.15, 0.2) is 0 Å². The number of benzene rings is 1. The summed E-state index contributed by atoms with van der Waals surface area (Å²) in [7, 11) is 0. The van der Waals surface area contributed by atoms with Crippen LogP contribution in [-0.2, 0) is 0 Å². The Labute approximate surface area is 119 Å². The van der Waals surface area contributed by atoms with Crippen LogP contribution in [0.25, 0.3) is 0 Å². The molecule has 1 aliphatic heterocycles. The summed E-state index contributed by atoms with van der Waals surface area (Å²) in [5.74, 6) is 0.958. The van der Waals surface area contributed by atoms with Gasteiger partial charge in [-0.05, 0) is 25.0 Å². The van der Waals surface area contributed by atoms with Crippen molar-refractivity contribution in [1.82, 2.24) is 4.90 Å². The van der Waals surface area contributed by atoms with E-state index in [2.05, 4.69) is 16.8 Å². The van der Waals surface area contributed by atoms with Crippen LogP contribution in [0.3, 0.4) is 0 Å². The molecule has 0 aromatic heterocycles. The number of nitrogens with two attached hydrogens (primary N) is 1. The number of aliphatic imine (C=N–C) groups is 1. The number of likely N-dealkylation sites (N-methyl/N-ethyl adjacent to an activating group) is 1. The van der Waals surface area contributed by atoms with Crippen molar-refractivity contribution in [3.8, 4) is 0 Å². The van der Waals surface area contributed by atoms with Crippen LogP contribution in [0.15, 0.2) is 23.2 Å². The zero-order valence-electron chi connectivity index (χ0n) is 10.7. The SMILES string of the molecule is CCN1CCN=C1C(N)c1cccc(C)c1Cl.Cl. The van der Waals surface area contributed by atoms with Crippen LogP contribution < -0.4 is 5.73 Å². The third-order valence-electron chi connectivity index (χ3n) is 3.18. The number of aryl methyl sites for hydroxylation is 1. The molecule has 0 saturated heterocycles. The molecule has 1 aromatic rings. The Morgan fingerprint density at radius 2 is 2.22 bits per heavy atom. The summed E-state index contributed by atoms with van der Waals surface area (Å²) in [6, 6.07) is 5.74. The first-order valence-electron chi connectivity index (χ1n) is 5.95. The molecule has 3 nitrogen and oxygen atoms in total. The van der Waals surface area contributed by atoms with Gasteiger partial charge in [0, 0.05) is 18.1 Å². The number of nitrogens with zero attached hydrogens (tertiary/aromatic N) is 2. The van der Waals surface area contributed by atoms with Crippen LogP contribution in [0, 0.1) is 6.92 Å². The van der Waals surface area contributed by atoms with Gasteiger partial charge in [0.2, 0.25) is 0 Å². The first kappa shape index (κ1) is 15.3. The molecule has 2 N–H and O–H groups in total. The van der Waals surface area contributed by atoms with Gasteiger partial charge >= 0.3 is 0 Å². The third kappa shape index (κ3) is 2.79. The molecule has 0 fully saturated rings. The van der Waals surface area contributed by atoms with E-state index in [4.69, 9.17) is 17.3 Å². The molecular weight excluding hydrogens is 269 g/mol. The fourth-order valence-corrected chi connectivity index (χ4v) is 2.41. The van der Waals surface area contributed by atoms with Gasteiger partial charge in [-0.3, -0.25) is 4.99 Å². The smallest absolute Gasteiger partial charge is 0.121 e. The summed E-state index contributed by atoms with van der Waals surface area (Å²) in [5, 5.41) is 0.755. The molecule has 0 saturated carbocycles. The second-order valence-corrected chi connectivity index (χ2v) is 4.65. The summed E-state index contributed by atoms with van der Waals surface area (Å²) in [6.07, 6.45) is 0. The predicted molar refractivity (Wildman–Crippen MR) is 79.9 cm³/mol. The molecule has 5 heteroatoms. The van der Waals surface area contributed by atoms with Crippen molar-refractivity contribution in [3.63, 3.8) is 0 Å². The van der Waals surface area contributed by atoms with Gasteiger partial charge in [0.1, 0.15) is 5.84 Å². The highest BCUT2D eigenvalue weighted by molar-refractivity contribution is 6.32. The van der Waals surface area contributed by atoms with Gasteiger partial charge in [-0.2, -0.15) is 0 Å². The van der Waals surface area contributed by atoms with Crippen LogP contribution >= 0.6 is 24.0 Å². The van der Waals surface area contributed by atoms with Crippen LogP contribution in [0.5, 0.6) is 0 Å². The summed E-state index contributed by atoms with van der Waals surface area (Å²) < 4.78 is 0. The number of halogens is 2. The molecule has 100 valence electrons. The van der Waals surface area contributed by atoms with Crippen molar-refractivity contribution in [2.75, 3.05) is 19.6 Å². The summed E-state index contributed by atoms with van der Waals surface area (Å²) in [4.78, 5) is 6.71. The average molecular weight is 288 g/mol. The Kier molecular flexibility index (Phi) is 5.45. The van der Waals surface area contributed by atoms with Crippen LogP contribution in [0.1, 0.15) is 24.1 Å². The molecule has 1 heterocycles. The van der Waals surface area contributed by atoms with Gasteiger partial charge in [-0.1, -0.05) is 29.8 Å². The van der Waals surface area contributed by atoms with E-state index in [9.17, 15) is 0 Å². The Hall–Kier alpha value is -0.770. The number of hydrogen-bond donors (Lipinski definition) is 1. The first-order valence-corrected chi connectivity index (χ1v) is 6.32. The van der Waals surface area contributed by atoms with Gasteiger partial charge < -0.3 is 10.6 Å². The largest absolute Gasteiger partial charge is 0.357 e. The molecule has 0 bridgehead atoms. The van der Waals surface area contributed by atoms with E-state index in [1.54, 1.807) is 0 Å². The van der Waals surface area contributed by atoms with Gasteiger partial charge in [0.05, 0.1) is 12.6 Å². The van der Waals surface area contributed by atoms with Crippen LogP contribution in [0.2, 0.25) is 5.02 Å². The van der Waals surface area contributed by atoms with Crippen molar-refractivity contribution in [2.24, 2.45) is 10.7 Å². The van der Waals surface area contributed by atoms with E-state index in [0.717, 1.165) is 41.6 Å².